The van der Waals surface area contributed by atoms with Crippen molar-refractivity contribution in [2.75, 3.05) is 18.0 Å². The molecule has 3 heterocycles. The Bertz CT molecular complexity index is 1510. The van der Waals surface area contributed by atoms with Gasteiger partial charge in [-0.3, -0.25) is 14.7 Å². The van der Waals surface area contributed by atoms with Gasteiger partial charge in [0.15, 0.2) is 5.13 Å². The van der Waals surface area contributed by atoms with E-state index in [9.17, 15) is 17.6 Å². The lowest BCUT2D eigenvalue weighted by Gasteiger charge is -2.33. The lowest BCUT2D eigenvalue weighted by molar-refractivity contribution is -0.123. The fraction of sp³-hybridized carbons (Fsp3) is 0.240. The van der Waals surface area contributed by atoms with E-state index < -0.39 is 21.8 Å². The van der Waals surface area contributed by atoms with E-state index in [1.165, 1.54) is 33.8 Å². The molecule has 36 heavy (non-hydrogen) atoms. The Morgan fingerprint density at radius 2 is 1.86 bits per heavy atom. The molecule has 0 bridgehead atoms. The summed E-state index contributed by atoms with van der Waals surface area (Å²) in [5.74, 6) is -1.33. The number of carbonyl (C=O) groups excluding carboxylic acids is 1. The fourth-order valence-corrected chi connectivity index (χ4v) is 7.03. The van der Waals surface area contributed by atoms with Crippen LogP contribution in [0, 0.1) is 11.7 Å². The van der Waals surface area contributed by atoms with Crippen molar-refractivity contribution in [2.45, 2.75) is 24.3 Å². The summed E-state index contributed by atoms with van der Waals surface area (Å²) in [6.07, 6.45) is 2.31. The van der Waals surface area contributed by atoms with Gasteiger partial charge in [-0.05, 0) is 55.3 Å². The lowest BCUT2D eigenvalue weighted by Crippen LogP contribution is -2.44. The third kappa shape index (κ3) is 4.99. The van der Waals surface area contributed by atoms with E-state index in [0.717, 1.165) is 16.3 Å². The molecule has 1 amide bonds. The minimum Gasteiger partial charge on any atom is -0.282 e. The molecule has 2 aromatic heterocycles. The Hall–Kier alpha value is -2.92. The van der Waals surface area contributed by atoms with E-state index in [1.54, 1.807) is 23.2 Å². The van der Waals surface area contributed by atoms with Crippen LogP contribution in [-0.4, -0.2) is 41.7 Å². The second-order valence-electron chi connectivity index (χ2n) is 8.46. The first-order chi connectivity index (χ1) is 17.3. The van der Waals surface area contributed by atoms with Gasteiger partial charge in [-0.1, -0.05) is 41.1 Å². The molecular weight excluding hydrogens is 523 g/mol. The number of piperidine rings is 1. The molecule has 0 N–H and O–H groups in total. The largest absolute Gasteiger partial charge is 0.282 e. The Labute approximate surface area is 217 Å². The van der Waals surface area contributed by atoms with E-state index in [1.807, 2.05) is 24.3 Å². The van der Waals surface area contributed by atoms with Crippen molar-refractivity contribution >= 4 is 54.2 Å². The molecule has 11 heteroatoms. The summed E-state index contributed by atoms with van der Waals surface area (Å²) in [4.78, 5) is 24.0. The first-order valence-corrected chi connectivity index (χ1v) is 14.0. The van der Waals surface area contributed by atoms with Crippen LogP contribution in [0.2, 0.25) is 5.02 Å². The maximum absolute atomic E-state index is 14.2. The van der Waals surface area contributed by atoms with Gasteiger partial charge in [0.05, 0.1) is 22.5 Å². The zero-order chi connectivity index (χ0) is 25.3. The van der Waals surface area contributed by atoms with Gasteiger partial charge in [-0.2, -0.15) is 4.31 Å². The monoisotopic (exact) mass is 544 g/mol. The van der Waals surface area contributed by atoms with E-state index in [4.69, 9.17) is 11.6 Å². The topological polar surface area (TPSA) is 83.5 Å². The highest BCUT2D eigenvalue weighted by molar-refractivity contribution is 7.89. The fourth-order valence-electron chi connectivity index (χ4n) is 4.25. The molecule has 4 aromatic rings. The molecule has 7 nitrogen and oxygen atoms in total. The highest BCUT2D eigenvalue weighted by Crippen LogP contribution is 2.34. The number of halogens is 2. The maximum Gasteiger partial charge on any atom is 0.245 e. The van der Waals surface area contributed by atoms with Crippen LogP contribution < -0.4 is 4.90 Å². The van der Waals surface area contributed by atoms with Crippen molar-refractivity contribution < 1.29 is 17.6 Å². The van der Waals surface area contributed by atoms with Gasteiger partial charge < -0.3 is 0 Å². The number of thiazole rings is 1. The standard InChI is InChI=1S/C25H22ClFN4O3S2/c26-18-8-9-21-22(15-18)35-25(29-21)31(16-19-5-3-4-12-28-19)24(32)17-10-13-30(14-11-17)36(33,34)23-7-2-1-6-20(23)27/h1-9,12,15,17H,10-11,13-14,16H2. The number of hydrogen-bond donors (Lipinski definition) is 0. The van der Waals surface area contributed by atoms with Crippen LogP contribution in [0.15, 0.2) is 71.8 Å². The average Bonchev–Trinajstić information content (AvgIpc) is 3.30. The molecule has 1 aliphatic heterocycles. The van der Waals surface area contributed by atoms with Gasteiger partial charge >= 0.3 is 0 Å². The summed E-state index contributed by atoms with van der Waals surface area (Å²) in [6.45, 7) is 0.487. The minimum absolute atomic E-state index is 0.125. The van der Waals surface area contributed by atoms with Crippen LogP contribution in [0.5, 0.6) is 0 Å². The van der Waals surface area contributed by atoms with E-state index in [0.29, 0.717) is 28.7 Å². The molecule has 0 spiro atoms. The minimum atomic E-state index is -3.98. The number of pyridine rings is 1. The summed E-state index contributed by atoms with van der Waals surface area (Å²) < 4.78 is 42.2. The normalized spacial score (nSPS) is 15.3. The predicted octanol–water partition coefficient (Wildman–Crippen LogP) is 5.12. The molecule has 2 aromatic carbocycles. The Morgan fingerprint density at radius 3 is 2.58 bits per heavy atom. The molecule has 0 saturated carbocycles. The number of aromatic nitrogens is 2. The predicted molar refractivity (Wildman–Crippen MR) is 138 cm³/mol. The van der Waals surface area contributed by atoms with Gasteiger partial charge in [-0.25, -0.2) is 17.8 Å². The van der Waals surface area contributed by atoms with Gasteiger partial charge in [0.1, 0.15) is 10.7 Å². The van der Waals surface area contributed by atoms with Crippen molar-refractivity contribution in [2.24, 2.45) is 5.92 Å². The SMILES string of the molecule is O=C(C1CCN(S(=O)(=O)c2ccccc2F)CC1)N(Cc1ccccn1)c1nc2ccc(Cl)cc2s1. The summed E-state index contributed by atoms with van der Waals surface area (Å²) >= 11 is 7.51. The first kappa shape index (κ1) is 24.8. The summed E-state index contributed by atoms with van der Waals surface area (Å²) in [7, 11) is -3.98. The molecule has 0 radical (unpaired) electrons. The summed E-state index contributed by atoms with van der Waals surface area (Å²) in [5, 5.41) is 1.12. The molecule has 0 aliphatic carbocycles. The average molecular weight is 545 g/mol. The second kappa shape index (κ2) is 10.2. The molecule has 0 atom stereocenters. The molecule has 0 unspecified atom stereocenters. The number of amides is 1. The van der Waals surface area contributed by atoms with Crippen molar-refractivity contribution in [1.82, 2.24) is 14.3 Å². The number of anilines is 1. The number of nitrogens with zero attached hydrogens (tertiary/aromatic N) is 4. The first-order valence-electron chi connectivity index (χ1n) is 11.3. The number of fused-ring (bicyclic) bond motifs is 1. The molecular formula is C25H22ClFN4O3S2. The van der Waals surface area contributed by atoms with E-state index in [-0.39, 0.29) is 30.4 Å². The Kier molecular flexibility index (Phi) is 7.03. The Morgan fingerprint density at radius 1 is 1.11 bits per heavy atom. The van der Waals surface area contributed by atoms with Gasteiger partial charge in [0, 0.05) is 30.2 Å². The van der Waals surface area contributed by atoms with Crippen LogP contribution >= 0.6 is 22.9 Å². The zero-order valence-corrected chi connectivity index (χ0v) is 21.4. The van der Waals surface area contributed by atoms with Crippen LogP contribution in [0.3, 0.4) is 0 Å². The third-order valence-electron chi connectivity index (χ3n) is 6.14. The Balaban J connectivity index is 1.38. The van der Waals surface area contributed by atoms with Crippen LogP contribution in [0.4, 0.5) is 9.52 Å². The van der Waals surface area contributed by atoms with Crippen molar-refractivity contribution in [3.63, 3.8) is 0 Å². The van der Waals surface area contributed by atoms with E-state index >= 15 is 0 Å². The van der Waals surface area contributed by atoms with Crippen LogP contribution in [0.25, 0.3) is 10.2 Å². The van der Waals surface area contributed by atoms with Gasteiger partial charge in [0.2, 0.25) is 15.9 Å². The number of hydrogen-bond acceptors (Lipinski definition) is 6. The third-order valence-corrected chi connectivity index (χ3v) is 9.35. The van der Waals surface area contributed by atoms with Crippen LogP contribution in [-0.2, 0) is 21.4 Å². The number of sulfonamides is 1. The number of carbonyl (C=O) groups is 1. The molecule has 1 saturated heterocycles. The molecule has 186 valence electrons. The van der Waals surface area contributed by atoms with Crippen molar-refractivity contribution in [1.29, 1.82) is 0 Å². The quantitative estimate of drug-likeness (QED) is 0.336. The smallest absolute Gasteiger partial charge is 0.245 e. The number of rotatable bonds is 6. The van der Waals surface area contributed by atoms with E-state index in [2.05, 4.69) is 9.97 Å². The summed E-state index contributed by atoms with van der Waals surface area (Å²) in [5.41, 5.74) is 1.45. The van der Waals surface area contributed by atoms with Crippen molar-refractivity contribution in [3.8, 4) is 0 Å². The molecule has 1 aliphatic rings. The highest BCUT2D eigenvalue weighted by atomic mass is 35.5. The zero-order valence-electron chi connectivity index (χ0n) is 19.0. The van der Waals surface area contributed by atoms with Gasteiger partial charge in [0.25, 0.3) is 0 Å². The van der Waals surface area contributed by atoms with Gasteiger partial charge in [-0.15, -0.1) is 0 Å². The lowest BCUT2D eigenvalue weighted by atomic mass is 9.96. The highest BCUT2D eigenvalue weighted by Gasteiger charge is 2.36. The van der Waals surface area contributed by atoms with Crippen LogP contribution in [0.1, 0.15) is 18.5 Å². The maximum atomic E-state index is 14.2. The molecule has 5 rings (SSSR count). The number of benzene rings is 2. The molecule has 1 fully saturated rings. The summed E-state index contributed by atoms with van der Waals surface area (Å²) in [6, 6.07) is 16.2. The van der Waals surface area contributed by atoms with Crippen molar-refractivity contribution in [3.05, 3.63) is 83.4 Å². The second-order valence-corrected chi connectivity index (χ2v) is 11.8.